The summed E-state index contributed by atoms with van der Waals surface area (Å²) in [5, 5.41) is 4.46. The van der Waals surface area contributed by atoms with Crippen molar-refractivity contribution in [1.82, 2.24) is 4.90 Å². The summed E-state index contributed by atoms with van der Waals surface area (Å²) in [4.78, 5) is 2.14. The summed E-state index contributed by atoms with van der Waals surface area (Å²) >= 11 is 0. The predicted octanol–water partition coefficient (Wildman–Crippen LogP) is 11.9. The van der Waals surface area contributed by atoms with E-state index in [-0.39, 0.29) is 0 Å². The van der Waals surface area contributed by atoms with E-state index in [1.54, 1.807) is 0 Å². The Morgan fingerprint density at radius 2 is 0.927 bits per heavy atom. The topological polar surface area (TPSA) is 12.5 Å². The molecule has 0 heterocycles. The molecular weight excluding hydrogens is 686 g/mol. The summed E-state index contributed by atoms with van der Waals surface area (Å²) in [5.41, 5.74) is 6.11. The Labute approximate surface area is 331 Å². The Morgan fingerprint density at radius 3 is 1.44 bits per heavy atom. The lowest BCUT2D eigenvalue weighted by Gasteiger charge is -2.27. The highest BCUT2D eigenvalue weighted by molar-refractivity contribution is 7.95. The van der Waals surface area contributed by atoms with Crippen molar-refractivity contribution in [2.75, 3.05) is 33.4 Å². The van der Waals surface area contributed by atoms with Gasteiger partial charge in [-0.05, 0) is 116 Å². The van der Waals surface area contributed by atoms with Crippen molar-refractivity contribution < 1.29 is 4.74 Å². The number of ether oxygens (including phenoxy) is 1. The Morgan fingerprint density at radius 1 is 0.491 bits per heavy atom. The third-order valence-corrected chi connectivity index (χ3v) is 14.9. The van der Waals surface area contributed by atoms with E-state index in [2.05, 4.69) is 207 Å². The highest BCUT2D eigenvalue weighted by Crippen LogP contribution is 2.56. The van der Waals surface area contributed by atoms with Crippen LogP contribution in [-0.2, 0) is 0 Å². The number of allylic oxidation sites excluding steroid dienone is 3. The number of nitrogens with zero attached hydrogens (tertiary/aromatic N) is 1. The van der Waals surface area contributed by atoms with Gasteiger partial charge in [0.25, 0.3) is 0 Å². The summed E-state index contributed by atoms with van der Waals surface area (Å²) < 4.78 is 6.04. The van der Waals surface area contributed by atoms with E-state index < -0.39 is 7.26 Å². The molecule has 55 heavy (non-hydrogen) atoms. The van der Waals surface area contributed by atoms with Crippen molar-refractivity contribution >= 4 is 34.3 Å². The van der Waals surface area contributed by atoms with Gasteiger partial charge in [0.15, 0.2) is 0 Å². The molecule has 0 spiro atoms. The second-order valence-electron chi connectivity index (χ2n) is 14.5. The zero-order chi connectivity index (χ0) is 38.0. The summed E-state index contributed by atoms with van der Waals surface area (Å²) in [5.74, 6) is 0.902. The van der Waals surface area contributed by atoms with Crippen molar-refractivity contribution in [2.24, 2.45) is 0 Å². The maximum Gasteiger partial charge on any atom is 0.119 e. The van der Waals surface area contributed by atoms with Crippen molar-refractivity contribution in [2.45, 2.75) is 44.9 Å². The fourth-order valence-electron chi connectivity index (χ4n) is 7.49. The summed E-state index contributed by atoms with van der Waals surface area (Å²) in [6.07, 6.45) is 14.6. The minimum absolute atomic E-state index is 0.671. The molecule has 0 aliphatic heterocycles. The highest BCUT2D eigenvalue weighted by atomic mass is 31.2. The van der Waals surface area contributed by atoms with Crippen LogP contribution in [-0.4, -0.2) is 38.3 Å². The number of benzene rings is 6. The van der Waals surface area contributed by atoms with E-state index in [4.69, 9.17) is 4.74 Å². The lowest BCUT2D eigenvalue weighted by molar-refractivity contribution is 0.261. The van der Waals surface area contributed by atoms with Crippen LogP contribution < -0.4 is 20.7 Å². The maximum absolute atomic E-state index is 6.04. The number of hydrogen-bond acceptors (Lipinski definition) is 2. The average molecular weight is 743 g/mol. The molecule has 0 aliphatic rings. The summed E-state index contributed by atoms with van der Waals surface area (Å²) in [6.45, 7) is 1.56. The number of hydrogen-bond donors (Lipinski definition) is 0. The van der Waals surface area contributed by atoms with Crippen LogP contribution in [0, 0.1) is 0 Å². The van der Waals surface area contributed by atoms with Gasteiger partial charge in [-0.3, -0.25) is 0 Å². The molecule has 6 rings (SSSR count). The molecule has 0 bridgehead atoms. The molecule has 280 valence electrons. The molecule has 6 aromatic rings. The van der Waals surface area contributed by atoms with Gasteiger partial charge in [-0.2, -0.15) is 0 Å². The quantitative estimate of drug-likeness (QED) is 0.0334. The van der Waals surface area contributed by atoms with Crippen LogP contribution in [0.5, 0.6) is 5.75 Å². The monoisotopic (exact) mass is 742 g/mol. The van der Waals surface area contributed by atoms with Gasteiger partial charge < -0.3 is 9.64 Å². The fourth-order valence-corrected chi connectivity index (χ4v) is 11.9. The van der Waals surface area contributed by atoms with E-state index >= 15 is 0 Å². The number of rotatable bonds is 20. The standard InChI is InChI=1S/C52H57NOP/c1-53(2)41-42-54-47-39-37-46(38-40-47)52(45-28-16-10-17-29-45)51(44-26-14-9-15-27-44)36-24-7-5-3-4-6-8-25-43-55(48-30-18-11-19-31-48,49-32-20-12-21-33-49)50-34-22-13-23-35-50/h9-24,26-40H,3-8,25,41-43H2,1-2H3/q+1/b36-24+,52-51-. The van der Waals surface area contributed by atoms with E-state index in [1.807, 2.05) is 0 Å². The van der Waals surface area contributed by atoms with Crippen molar-refractivity contribution in [3.05, 3.63) is 205 Å². The first-order valence-electron chi connectivity index (χ1n) is 20.1. The molecule has 0 unspecified atom stereocenters. The van der Waals surface area contributed by atoms with E-state index in [1.165, 1.54) is 88.4 Å². The Hall–Kier alpha value is -5.01. The molecule has 0 saturated carbocycles. The highest BCUT2D eigenvalue weighted by Gasteiger charge is 2.44. The number of unbranched alkanes of at least 4 members (excludes halogenated alkanes) is 6. The first-order valence-corrected chi connectivity index (χ1v) is 22.1. The van der Waals surface area contributed by atoms with Gasteiger partial charge in [0, 0.05) is 6.54 Å². The van der Waals surface area contributed by atoms with Crippen LogP contribution >= 0.6 is 7.26 Å². The molecule has 0 saturated heterocycles. The minimum atomic E-state index is -1.74. The van der Waals surface area contributed by atoms with Crippen LogP contribution in [0.25, 0.3) is 11.1 Å². The molecule has 0 amide bonds. The number of likely N-dealkylation sites (N-methyl/N-ethyl adjacent to an activating group) is 1. The van der Waals surface area contributed by atoms with Gasteiger partial charge in [0.2, 0.25) is 0 Å². The summed E-state index contributed by atoms with van der Waals surface area (Å²) in [7, 11) is 2.40. The normalized spacial score (nSPS) is 12.2. The molecule has 0 aromatic heterocycles. The third-order valence-electron chi connectivity index (χ3n) is 10.4. The molecule has 0 aliphatic carbocycles. The lowest BCUT2D eigenvalue weighted by atomic mass is 9.89. The fraction of sp³-hybridized carbons (Fsp3) is 0.231. The molecule has 0 radical (unpaired) electrons. The minimum Gasteiger partial charge on any atom is -0.492 e. The Kier molecular flexibility index (Phi) is 15.3. The van der Waals surface area contributed by atoms with Crippen molar-refractivity contribution in [1.29, 1.82) is 0 Å². The largest absolute Gasteiger partial charge is 0.492 e. The first kappa shape index (κ1) is 39.7. The smallest absolute Gasteiger partial charge is 0.119 e. The summed E-state index contributed by atoms with van der Waals surface area (Å²) in [6, 6.07) is 64.1. The van der Waals surface area contributed by atoms with Gasteiger partial charge in [-0.15, -0.1) is 0 Å². The molecule has 2 nitrogen and oxygen atoms in total. The van der Waals surface area contributed by atoms with E-state index in [9.17, 15) is 0 Å². The van der Waals surface area contributed by atoms with Crippen LogP contribution in [0.1, 0.15) is 61.6 Å². The van der Waals surface area contributed by atoms with Gasteiger partial charge in [0.1, 0.15) is 35.5 Å². The lowest BCUT2D eigenvalue weighted by Crippen LogP contribution is -2.33. The Bertz CT molecular complexity index is 1930. The molecule has 0 atom stereocenters. The zero-order valence-electron chi connectivity index (χ0n) is 32.8. The van der Waals surface area contributed by atoms with Crippen molar-refractivity contribution in [3.8, 4) is 5.75 Å². The SMILES string of the molecule is CN(C)CCOc1ccc(/C(=C(/C=C/CCCCCCCC[P+](c2ccccc2)(c2ccccc2)c2ccccc2)c2ccccc2)c2ccccc2)cc1. The molecule has 3 heteroatoms. The van der Waals surface area contributed by atoms with Gasteiger partial charge >= 0.3 is 0 Å². The average Bonchev–Trinajstić information content (AvgIpc) is 3.24. The predicted molar refractivity (Wildman–Crippen MR) is 241 cm³/mol. The van der Waals surface area contributed by atoms with Crippen LogP contribution in [0.15, 0.2) is 188 Å². The Balaban J connectivity index is 1.10. The second-order valence-corrected chi connectivity index (χ2v) is 18.2. The molecule has 0 fully saturated rings. The zero-order valence-corrected chi connectivity index (χ0v) is 33.7. The van der Waals surface area contributed by atoms with Gasteiger partial charge in [-0.25, -0.2) is 0 Å². The van der Waals surface area contributed by atoms with Crippen LogP contribution in [0.3, 0.4) is 0 Å². The molecular formula is C52H57NOP+. The maximum atomic E-state index is 6.04. The second kappa shape index (κ2) is 21.2. The van der Waals surface area contributed by atoms with E-state index in [0.717, 1.165) is 18.7 Å². The van der Waals surface area contributed by atoms with Gasteiger partial charge in [0.05, 0.1) is 6.16 Å². The van der Waals surface area contributed by atoms with Crippen LogP contribution in [0.2, 0.25) is 0 Å². The van der Waals surface area contributed by atoms with Gasteiger partial charge in [-0.1, -0.05) is 159 Å². The first-order chi connectivity index (χ1) is 27.1. The third kappa shape index (κ3) is 11.0. The molecule has 6 aromatic carbocycles. The van der Waals surface area contributed by atoms with Crippen molar-refractivity contribution in [3.63, 3.8) is 0 Å². The van der Waals surface area contributed by atoms with E-state index in [0.29, 0.717) is 6.61 Å². The molecule has 0 N–H and O–H groups in total. The van der Waals surface area contributed by atoms with Crippen LogP contribution in [0.4, 0.5) is 0 Å².